The fourth-order valence-corrected chi connectivity index (χ4v) is 2.60. The highest BCUT2D eigenvalue weighted by Crippen LogP contribution is 2.27. The molecule has 0 atom stereocenters. The van der Waals surface area contributed by atoms with Gasteiger partial charge in [-0.15, -0.1) is 0 Å². The lowest BCUT2D eigenvalue weighted by atomic mass is 9.82. The van der Waals surface area contributed by atoms with Crippen LogP contribution in [0.15, 0.2) is 24.3 Å². The molecule has 1 fully saturated rings. The summed E-state index contributed by atoms with van der Waals surface area (Å²) in [4.78, 5) is 11.9. The topological polar surface area (TPSA) is 84.6 Å². The molecule has 0 unspecified atom stereocenters. The largest absolute Gasteiger partial charge is 0.484 e. The number of carbonyl (C=O) groups is 1. The molecule has 0 spiro atoms. The number of rotatable bonds is 5. The quantitative estimate of drug-likeness (QED) is 0.712. The van der Waals surface area contributed by atoms with E-state index in [1.807, 2.05) is 0 Å². The molecule has 4 N–H and O–H groups in total. The molecule has 1 aromatic rings. The number of carbonyl (C=O) groups excluding carboxylic acids is 1. The summed E-state index contributed by atoms with van der Waals surface area (Å²) in [5.41, 5.74) is 5.78. The molecular weight excluding hydrogens is 256 g/mol. The van der Waals surface area contributed by atoms with E-state index in [2.05, 4.69) is 5.32 Å². The molecule has 110 valence electrons. The van der Waals surface area contributed by atoms with E-state index in [0.717, 1.165) is 25.7 Å². The monoisotopic (exact) mass is 278 g/mol. The van der Waals surface area contributed by atoms with Crippen molar-refractivity contribution in [1.29, 1.82) is 0 Å². The lowest BCUT2D eigenvalue weighted by Crippen LogP contribution is -2.53. The maximum absolute atomic E-state index is 11.9. The van der Waals surface area contributed by atoms with Gasteiger partial charge in [0.15, 0.2) is 6.61 Å². The van der Waals surface area contributed by atoms with Crippen LogP contribution in [0.1, 0.15) is 32.1 Å². The molecule has 0 aromatic heterocycles. The van der Waals surface area contributed by atoms with Gasteiger partial charge in [0.05, 0.1) is 12.1 Å². The number of hydrogen-bond donors (Lipinski definition) is 3. The predicted molar refractivity (Wildman–Crippen MR) is 77.4 cm³/mol. The normalized spacial score (nSPS) is 17.4. The van der Waals surface area contributed by atoms with Crippen LogP contribution >= 0.6 is 0 Å². The van der Waals surface area contributed by atoms with Gasteiger partial charge in [-0.25, -0.2) is 0 Å². The number of aliphatic hydroxyl groups is 1. The van der Waals surface area contributed by atoms with Gasteiger partial charge in [-0.1, -0.05) is 19.3 Å². The Labute approximate surface area is 119 Å². The van der Waals surface area contributed by atoms with E-state index in [-0.39, 0.29) is 19.1 Å². The van der Waals surface area contributed by atoms with Gasteiger partial charge in [-0.3, -0.25) is 4.79 Å². The van der Waals surface area contributed by atoms with Crippen molar-refractivity contribution >= 4 is 11.6 Å². The van der Waals surface area contributed by atoms with Gasteiger partial charge in [-0.2, -0.15) is 0 Å². The average Bonchev–Trinajstić information content (AvgIpc) is 2.47. The van der Waals surface area contributed by atoms with Gasteiger partial charge in [-0.05, 0) is 37.1 Å². The van der Waals surface area contributed by atoms with Crippen molar-refractivity contribution in [2.45, 2.75) is 37.6 Å². The third-order valence-corrected chi connectivity index (χ3v) is 3.77. The lowest BCUT2D eigenvalue weighted by Gasteiger charge is -2.36. The minimum absolute atomic E-state index is 0.0133. The lowest BCUT2D eigenvalue weighted by molar-refractivity contribution is -0.126. The van der Waals surface area contributed by atoms with Crippen LogP contribution in [-0.4, -0.2) is 29.8 Å². The van der Waals surface area contributed by atoms with Gasteiger partial charge in [0.1, 0.15) is 5.75 Å². The maximum Gasteiger partial charge on any atom is 0.258 e. The van der Waals surface area contributed by atoms with E-state index in [4.69, 9.17) is 10.5 Å². The number of nitrogens with one attached hydrogen (secondary N) is 1. The van der Waals surface area contributed by atoms with Gasteiger partial charge in [0, 0.05) is 5.69 Å². The van der Waals surface area contributed by atoms with Crippen molar-refractivity contribution in [3.63, 3.8) is 0 Å². The minimum atomic E-state index is -0.459. The van der Waals surface area contributed by atoms with Crippen molar-refractivity contribution in [3.8, 4) is 5.75 Å². The van der Waals surface area contributed by atoms with Crippen LogP contribution in [0.25, 0.3) is 0 Å². The number of aliphatic hydroxyl groups excluding tert-OH is 1. The minimum Gasteiger partial charge on any atom is -0.484 e. The Balaban J connectivity index is 1.83. The summed E-state index contributed by atoms with van der Waals surface area (Å²) in [5, 5.41) is 12.5. The molecule has 5 heteroatoms. The van der Waals surface area contributed by atoms with Crippen LogP contribution in [0.4, 0.5) is 5.69 Å². The molecule has 2 rings (SSSR count). The molecule has 0 radical (unpaired) electrons. The smallest absolute Gasteiger partial charge is 0.258 e. The van der Waals surface area contributed by atoms with Crippen molar-refractivity contribution < 1.29 is 14.6 Å². The second kappa shape index (κ2) is 6.61. The number of nitrogens with two attached hydrogens (primary N) is 1. The molecule has 1 saturated carbocycles. The Bertz CT molecular complexity index is 439. The summed E-state index contributed by atoms with van der Waals surface area (Å²) in [6.45, 7) is -0.0632. The van der Waals surface area contributed by atoms with Crippen LogP contribution in [0.5, 0.6) is 5.75 Å². The van der Waals surface area contributed by atoms with Gasteiger partial charge in [0.25, 0.3) is 5.91 Å². The van der Waals surface area contributed by atoms with Crippen LogP contribution in [0.2, 0.25) is 0 Å². The summed E-state index contributed by atoms with van der Waals surface area (Å²) >= 11 is 0. The van der Waals surface area contributed by atoms with E-state index >= 15 is 0 Å². The third kappa shape index (κ3) is 3.87. The van der Waals surface area contributed by atoms with E-state index in [0.29, 0.717) is 11.4 Å². The average molecular weight is 278 g/mol. The van der Waals surface area contributed by atoms with Crippen molar-refractivity contribution in [3.05, 3.63) is 24.3 Å². The first-order valence-electron chi connectivity index (χ1n) is 7.04. The number of amides is 1. The first-order valence-corrected chi connectivity index (χ1v) is 7.04. The fourth-order valence-electron chi connectivity index (χ4n) is 2.60. The standard InChI is InChI=1S/C15H22N2O3/c16-12-4-6-13(7-5-12)20-10-14(19)17-15(11-18)8-2-1-3-9-15/h4-7,18H,1-3,8-11,16H2,(H,17,19). The first-order chi connectivity index (χ1) is 9.63. The molecule has 1 aliphatic rings. The zero-order valence-electron chi connectivity index (χ0n) is 11.6. The number of nitrogen functional groups attached to an aromatic ring is 1. The van der Waals surface area contributed by atoms with Crippen molar-refractivity contribution in [2.24, 2.45) is 0 Å². The molecular formula is C15H22N2O3. The third-order valence-electron chi connectivity index (χ3n) is 3.77. The number of benzene rings is 1. The summed E-state index contributed by atoms with van der Waals surface area (Å²) in [5.74, 6) is 0.411. The molecule has 0 saturated heterocycles. The highest BCUT2D eigenvalue weighted by molar-refractivity contribution is 5.78. The van der Waals surface area contributed by atoms with Gasteiger partial charge < -0.3 is 20.9 Å². The molecule has 0 bridgehead atoms. The molecule has 0 heterocycles. The number of hydrogen-bond acceptors (Lipinski definition) is 4. The molecule has 1 aliphatic carbocycles. The summed E-state index contributed by atoms with van der Waals surface area (Å²) < 4.78 is 5.40. The molecule has 1 amide bonds. The van der Waals surface area contributed by atoms with Crippen LogP contribution in [-0.2, 0) is 4.79 Å². The van der Waals surface area contributed by atoms with E-state index in [1.165, 1.54) is 6.42 Å². The SMILES string of the molecule is Nc1ccc(OCC(=O)NC2(CO)CCCCC2)cc1. The van der Waals surface area contributed by atoms with Gasteiger partial charge in [0.2, 0.25) is 0 Å². The van der Waals surface area contributed by atoms with Crippen molar-refractivity contribution in [1.82, 2.24) is 5.32 Å². The first kappa shape index (κ1) is 14.7. The summed E-state index contributed by atoms with van der Waals surface area (Å²) in [6, 6.07) is 6.91. The Morgan fingerprint density at radius 2 is 1.90 bits per heavy atom. The highest BCUT2D eigenvalue weighted by Gasteiger charge is 2.32. The zero-order chi connectivity index (χ0) is 14.4. The Hall–Kier alpha value is -1.75. The zero-order valence-corrected chi connectivity index (χ0v) is 11.6. The second-order valence-corrected chi connectivity index (χ2v) is 5.40. The van der Waals surface area contributed by atoms with E-state index < -0.39 is 5.54 Å². The molecule has 20 heavy (non-hydrogen) atoms. The van der Waals surface area contributed by atoms with Crippen molar-refractivity contribution in [2.75, 3.05) is 18.9 Å². The number of anilines is 1. The van der Waals surface area contributed by atoms with E-state index in [9.17, 15) is 9.90 Å². The maximum atomic E-state index is 11.9. The second-order valence-electron chi connectivity index (χ2n) is 5.40. The van der Waals surface area contributed by atoms with Crippen LogP contribution in [0.3, 0.4) is 0 Å². The Kier molecular flexibility index (Phi) is 4.84. The molecule has 1 aromatic carbocycles. The summed E-state index contributed by atoms with van der Waals surface area (Å²) in [6.07, 6.45) is 4.91. The van der Waals surface area contributed by atoms with E-state index in [1.54, 1.807) is 24.3 Å². The van der Waals surface area contributed by atoms with Crippen LogP contribution in [0, 0.1) is 0 Å². The highest BCUT2D eigenvalue weighted by atomic mass is 16.5. The Morgan fingerprint density at radius 3 is 2.50 bits per heavy atom. The Morgan fingerprint density at radius 1 is 1.25 bits per heavy atom. The molecule has 0 aliphatic heterocycles. The summed E-state index contributed by atoms with van der Waals surface area (Å²) in [7, 11) is 0. The van der Waals surface area contributed by atoms with Crippen LogP contribution < -0.4 is 15.8 Å². The fraction of sp³-hybridized carbons (Fsp3) is 0.533. The number of ether oxygens (including phenoxy) is 1. The van der Waals surface area contributed by atoms with Gasteiger partial charge >= 0.3 is 0 Å². The predicted octanol–water partition coefficient (Wildman–Crippen LogP) is 1.46. The molecule has 5 nitrogen and oxygen atoms in total.